The molecule has 0 aliphatic carbocycles. The second-order valence-electron chi connectivity index (χ2n) is 4.88. The first-order chi connectivity index (χ1) is 11.3. The highest BCUT2D eigenvalue weighted by Crippen LogP contribution is 2.23. The monoisotopic (exact) mass is 360 g/mol. The lowest BCUT2D eigenvalue weighted by molar-refractivity contribution is -0.114. The van der Waals surface area contributed by atoms with Crippen LogP contribution in [0, 0.1) is 11.3 Å². The Kier molecular flexibility index (Phi) is 5.39. The standard InChI is InChI=1S/C17H13ClN2O3S/c1-12(21)20-15-6-2-13(3-7-15)10-17(11-19)24(22,23)16-8-4-14(18)5-9-16/h2-10H,1H3,(H,20,21)/b17-10+. The van der Waals surface area contributed by atoms with Crippen molar-refractivity contribution in [3.8, 4) is 6.07 Å². The number of carbonyl (C=O) groups excluding carboxylic acids is 1. The van der Waals surface area contributed by atoms with Gasteiger partial charge in [0.2, 0.25) is 15.7 Å². The van der Waals surface area contributed by atoms with Gasteiger partial charge < -0.3 is 5.32 Å². The number of nitrogens with one attached hydrogen (secondary N) is 1. The van der Waals surface area contributed by atoms with Crippen LogP contribution in [0.15, 0.2) is 58.3 Å². The van der Waals surface area contributed by atoms with Crippen LogP contribution in [-0.2, 0) is 14.6 Å². The fraction of sp³-hybridized carbons (Fsp3) is 0.0588. The molecule has 0 aliphatic rings. The van der Waals surface area contributed by atoms with Gasteiger partial charge in [0.15, 0.2) is 0 Å². The Hall–Kier alpha value is -2.62. The Balaban J connectivity index is 2.36. The summed E-state index contributed by atoms with van der Waals surface area (Å²) in [6.45, 7) is 1.39. The molecule has 24 heavy (non-hydrogen) atoms. The molecule has 0 fully saturated rings. The molecule has 2 aromatic carbocycles. The van der Waals surface area contributed by atoms with E-state index in [4.69, 9.17) is 11.6 Å². The van der Waals surface area contributed by atoms with E-state index in [9.17, 15) is 18.5 Å². The first kappa shape index (κ1) is 17.7. The summed E-state index contributed by atoms with van der Waals surface area (Å²) in [7, 11) is -3.92. The molecule has 2 rings (SSSR count). The number of sulfone groups is 1. The Morgan fingerprint density at radius 3 is 2.21 bits per heavy atom. The summed E-state index contributed by atoms with van der Waals surface area (Å²) in [6.07, 6.45) is 1.28. The minimum atomic E-state index is -3.92. The molecule has 1 amide bonds. The minimum absolute atomic E-state index is 0.00503. The van der Waals surface area contributed by atoms with Gasteiger partial charge in [0, 0.05) is 17.6 Å². The number of nitrogens with zero attached hydrogens (tertiary/aromatic N) is 1. The molecule has 1 N–H and O–H groups in total. The molecule has 0 spiro atoms. The fourth-order valence-electron chi connectivity index (χ4n) is 1.93. The van der Waals surface area contributed by atoms with Crippen LogP contribution in [0.5, 0.6) is 0 Å². The predicted molar refractivity (Wildman–Crippen MR) is 93.0 cm³/mol. The van der Waals surface area contributed by atoms with E-state index in [1.807, 2.05) is 0 Å². The highest BCUT2D eigenvalue weighted by Gasteiger charge is 2.20. The highest BCUT2D eigenvalue weighted by atomic mass is 35.5. The first-order valence-corrected chi connectivity index (χ1v) is 8.69. The number of hydrogen-bond acceptors (Lipinski definition) is 4. The molecule has 5 nitrogen and oxygen atoms in total. The number of allylic oxidation sites excluding steroid dienone is 1. The summed E-state index contributed by atoms with van der Waals surface area (Å²) >= 11 is 5.75. The molecule has 0 unspecified atom stereocenters. The van der Waals surface area contributed by atoms with Gasteiger partial charge in [-0.05, 0) is 48.0 Å². The van der Waals surface area contributed by atoms with E-state index >= 15 is 0 Å². The van der Waals surface area contributed by atoms with Crippen molar-refractivity contribution in [1.29, 1.82) is 5.26 Å². The molecule has 0 saturated carbocycles. The molecule has 0 bridgehead atoms. The summed E-state index contributed by atoms with van der Waals surface area (Å²) < 4.78 is 25.0. The number of amides is 1. The van der Waals surface area contributed by atoms with Gasteiger partial charge in [-0.3, -0.25) is 4.79 Å². The van der Waals surface area contributed by atoms with E-state index in [0.29, 0.717) is 16.3 Å². The van der Waals surface area contributed by atoms with Crippen molar-refractivity contribution in [2.45, 2.75) is 11.8 Å². The fourth-order valence-corrected chi connectivity index (χ4v) is 3.21. The number of rotatable bonds is 4. The van der Waals surface area contributed by atoms with Gasteiger partial charge in [0.1, 0.15) is 11.0 Å². The molecule has 0 atom stereocenters. The van der Waals surface area contributed by atoms with Crippen LogP contribution in [0.25, 0.3) is 6.08 Å². The quantitative estimate of drug-likeness (QED) is 0.843. The zero-order valence-corrected chi connectivity index (χ0v) is 14.2. The molecule has 2 aromatic rings. The molecular formula is C17H13ClN2O3S. The van der Waals surface area contributed by atoms with Crippen molar-refractivity contribution in [3.05, 3.63) is 64.0 Å². The van der Waals surface area contributed by atoms with E-state index in [1.54, 1.807) is 30.3 Å². The average molecular weight is 361 g/mol. The minimum Gasteiger partial charge on any atom is -0.326 e. The molecule has 122 valence electrons. The van der Waals surface area contributed by atoms with Gasteiger partial charge in [-0.1, -0.05) is 23.7 Å². The van der Waals surface area contributed by atoms with E-state index in [-0.39, 0.29) is 15.7 Å². The van der Waals surface area contributed by atoms with E-state index in [2.05, 4.69) is 5.32 Å². The van der Waals surface area contributed by atoms with Crippen LogP contribution in [0.4, 0.5) is 5.69 Å². The second-order valence-corrected chi connectivity index (χ2v) is 7.24. The van der Waals surface area contributed by atoms with Gasteiger partial charge in [0.05, 0.1) is 4.90 Å². The maximum atomic E-state index is 12.5. The van der Waals surface area contributed by atoms with Crippen LogP contribution >= 0.6 is 11.6 Å². The third kappa shape index (κ3) is 4.22. The van der Waals surface area contributed by atoms with Crippen LogP contribution in [-0.4, -0.2) is 14.3 Å². The topological polar surface area (TPSA) is 87.0 Å². The Labute approximate surface area is 145 Å². The molecule has 7 heteroatoms. The van der Waals surface area contributed by atoms with E-state index in [1.165, 1.54) is 37.3 Å². The summed E-state index contributed by atoms with van der Waals surface area (Å²) in [5.41, 5.74) is 1.11. The zero-order valence-electron chi connectivity index (χ0n) is 12.7. The highest BCUT2D eigenvalue weighted by molar-refractivity contribution is 7.95. The molecule has 0 heterocycles. The van der Waals surface area contributed by atoms with Crippen LogP contribution in [0.1, 0.15) is 12.5 Å². The van der Waals surface area contributed by atoms with Gasteiger partial charge >= 0.3 is 0 Å². The van der Waals surface area contributed by atoms with Gasteiger partial charge in [0.25, 0.3) is 0 Å². The first-order valence-electron chi connectivity index (χ1n) is 6.83. The maximum Gasteiger partial charge on any atom is 0.221 e. The Morgan fingerprint density at radius 1 is 1.12 bits per heavy atom. The summed E-state index contributed by atoms with van der Waals surface area (Å²) in [5, 5.41) is 12.2. The smallest absolute Gasteiger partial charge is 0.221 e. The predicted octanol–water partition coefficient (Wildman–Crippen LogP) is 3.64. The molecule has 0 saturated heterocycles. The van der Waals surface area contributed by atoms with E-state index < -0.39 is 9.84 Å². The van der Waals surface area contributed by atoms with Crippen molar-refractivity contribution in [3.63, 3.8) is 0 Å². The van der Waals surface area contributed by atoms with Crippen molar-refractivity contribution in [2.24, 2.45) is 0 Å². The number of anilines is 1. The Bertz CT molecular complexity index is 925. The Morgan fingerprint density at radius 2 is 1.71 bits per heavy atom. The average Bonchev–Trinajstić information content (AvgIpc) is 2.54. The van der Waals surface area contributed by atoms with Crippen molar-refractivity contribution < 1.29 is 13.2 Å². The van der Waals surface area contributed by atoms with Crippen LogP contribution < -0.4 is 5.32 Å². The molecular weight excluding hydrogens is 348 g/mol. The summed E-state index contributed by atoms with van der Waals surface area (Å²) in [6, 6.07) is 13.8. The molecule has 0 radical (unpaired) electrons. The maximum absolute atomic E-state index is 12.5. The number of benzene rings is 2. The number of carbonyl (C=O) groups is 1. The lowest BCUT2D eigenvalue weighted by Gasteiger charge is -2.04. The third-order valence-electron chi connectivity index (χ3n) is 3.05. The van der Waals surface area contributed by atoms with Crippen LogP contribution in [0.2, 0.25) is 5.02 Å². The lowest BCUT2D eigenvalue weighted by Crippen LogP contribution is -2.05. The van der Waals surface area contributed by atoms with E-state index in [0.717, 1.165) is 0 Å². The number of hydrogen-bond donors (Lipinski definition) is 1. The van der Waals surface area contributed by atoms with Crippen LogP contribution in [0.3, 0.4) is 0 Å². The van der Waals surface area contributed by atoms with Crippen molar-refractivity contribution in [1.82, 2.24) is 0 Å². The normalized spacial score (nSPS) is 11.6. The molecule has 0 aliphatic heterocycles. The zero-order chi connectivity index (χ0) is 17.7. The SMILES string of the molecule is CC(=O)Nc1ccc(/C=C(\C#N)S(=O)(=O)c2ccc(Cl)cc2)cc1. The van der Waals surface area contributed by atoms with Crippen molar-refractivity contribution in [2.75, 3.05) is 5.32 Å². The molecule has 0 aromatic heterocycles. The number of nitriles is 1. The summed E-state index contributed by atoms with van der Waals surface area (Å²) in [4.78, 5) is 10.6. The van der Waals surface area contributed by atoms with Gasteiger partial charge in [-0.25, -0.2) is 8.42 Å². The van der Waals surface area contributed by atoms with Gasteiger partial charge in [-0.2, -0.15) is 5.26 Å². The largest absolute Gasteiger partial charge is 0.326 e. The van der Waals surface area contributed by atoms with Crippen molar-refractivity contribution >= 4 is 39.1 Å². The third-order valence-corrected chi connectivity index (χ3v) is 4.99. The second kappa shape index (κ2) is 7.30. The summed E-state index contributed by atoms with van der Waals surface area (Å²) in [5.74, 6) is -0.207. The number of halogens is 1. The lowest BCUT2D eigenvalue weighted by atomic mass is 10.2. The van der Waals surface area contributed by atoms with Gasteiger partial charge in [-0.15, -0.1) is 0 Å².